The lowest BCUT2D eigenvalue weighted by Gasteiger charge is -2.40. The molecular formula is C20H31N3O3. The fraction of sp³-hybridized carbons (Fsp3) is 0.600. The second-order valence-corrected chi connectivity index (χ2v) is 6.71. The van der Waals surface area contributed by atoms with E-state index in [9.17, 15) is 9.59 Å². The van der Waals surface area contributed by atoms with Crippen molar-refractivity contribution in [1.82, 2.24) is 9.80 Å². The van der Waals surface area contributed by atoms with Gasteiger partial charge in [-0.2, -0.15) is 0 Å². The first-order valence-corrected chi connectivity index (χ1v) is 9.53. The SMILES string of the molecule is CCOc1ccccc1C(=O)N1CCN(C(=O)C(CC)(CC)CN)CC1. The van der Waals surface area contributed by atoms with Gasteiger partial charge < -0.3 is 20.3 Å². The van der Waals surface area contributed by atoms with Crippen LogP contribution in [-0.4, -0.2) is 60.9 Å². The summed E-state index contributed by atoms with van der Waals surface area (Å²) in [6, 6.07) is 7.31. The van der Waals surface area contributed by atoms with Crippen LogP contribution in [0.5, 0.6) is 5.75 Å². The Kier molecular flexibility index (Phi) is 7.03. The third kappa shape index (κ3) is 4.01. The summed E-state index contributed by atoms with van der Waals surface area (Å²) in [5, 5.41) is 0. The molecule has 1 aromatic carbocycles. The summed E-state index contributed by atoms with van der Waals surface area (Å²) < 4.78 is 5.57. The predicted molar refractivity (Wildman–Crippen MR) is 102 cm³/mol. The molecule has 1 aliphatic heterocycles. The van der Waals surface area contributed by atoms with E-state index in [4.69, 9.17) is 10.5 Å². The van der Waals surface area contributed by atoms with Gasteiger partial charge in [0.15, 0.2) is 0 Å². The van der Waals surface area contributed by atoms with Gasteiger partial charge in [-0.05, 0) is 31.9 Å². The summed E-state index contributed by atoms with van der Waals surface area (Å²) in [5.74, 6) is 0.682. The van der Waals surface area contributed by atoms with Crippen LogP contribution in [0.25, 0.3) is 0 Å². The fourth-order valence-electron chi connectivity index (χ4n) is 3.47. The molecule has 2 N–H and O–H groups in total. The second-order valence-electron chi connectivity index (χ2n) is 6.71. The van der Waals surface area contributed by atoms with Crippen LogP contribution < -0.4 is 10.5 Å². The normalized spacial score (nSPS) is 15.1. The molecule has 0 radical (unpaired) electrons. The highest BCUT2D eigenvalue weighted by Crippen LogP contribution is 2.28. The molecule has 1 saturated heterocycles. The van der Waals surface area contributed by atoms with Crippen molar-refractivity contribution in [2.75, 3.05) is 39.3 Å². The lowest BCUT2D eigenvalue weighted by molar-refractivity contribution is -0.143. The van der Waals surface area contributed by atoms with Crippen LogP contribution in [0.3, 0.4) is 0 Å². The average Bonchev–Trinajstić information content (AvgIpc) is 2.70. The molecular weight excluding hydrogens is 330 g/mol. The van der Waals surface area contributed by atoms with Gasteiger partial charge in [-0.3, -0.25) is 9.59 Å². The Morgan fingerprint density at radius 2 is 1.62 bits per heavy atom. The standard InChI is InChI=1S/C20H31N3O3/c1-4-20(5-2,15-21)19(25)23-13-11-22(12-14-23)18(24)16-9-7-8-10-17(16)26-6-3/h7-10H,4-6,11-15,21H2,1-3H3. The fourth-order valence-corrected chi connectivity index (χ4v) is 3.47. The number of ether oxygens (including phenoxy) is 1. The van der Waals surface area contributed by atoms with E-state index < -0.39 is 5.41 Å². The molecule has 0 bridgehead atoms. The molecule has 144 valence electrons. The van der Waals surface area contributed by atoms with E-state index in [1.54, 1.807) is 11.0 Å². The topological polar surface area (TPSA) is 75.9 Å². The highest BCUT2D eigenvalue weighted by molar-refractivity contribution is 5.97. The van der Waals surface area contributed by atoms with E-state index in [1.807, 2.05) is 43.9 Å². The zero-order valence-electron chi connectivity index (χ0n) is 16.2. The molecule has 0 aliphatic carbocycles. The molecule has 1 aliphatic rings. The number of nitrogens with zero attached hydrogens (tertiary/aromatic N) is 2. The Bertz CT molecular complexity index is 612. The number of benzene rings is 1. The number of hydrogen-bond donors (Lipinski definition) is 1. The Hall–Kier alpha value is -2.08. The zero-order chi connectivity index (χ0) is 19.2. The lowest BCUT2D eigenvalue weighted by Crippen LogP contribution is -2.55. The van der Waals surface area contributed by atoms with E-state index in [0.29, 0.717) is 50.6 Å². The molecule has 1 fully saturated rings. The van der Waals surface area contributed by atoms with Crippen LogP contribution in [0, 0.1) is 5.41 Å². The summed E-state index contributed by atoms with van der Waals surface area (Å²) in [5.41, 5.74) is 6.01. The highest BCUT2D eigenvalue weighted by Gasteiger charge is 2.38. The number of rotatable bonds is 7. The van der Waals surface area contributed by atoms with Gasteiger partial charge in [-0.15, -0.1) is 0 Å². The summed E-state index contributed by atoms with van der Waals surface area (Å²) in [6.45, 7) is 8.94. The van der Waals surface area contributed by atoms with E-state index in [2.05, 4.69) is 0 Å². The molecule has 6 nitrogen and oxygen atoms in total. The number of carbonyl (C=O) groups is 2. The van der Waals surface area contributed by atoms with E-state index in [0.717, 1.165) is 12.8 Å². The van der Waals surface area contributed by atoms with Crippen molar-refractivity contribution in [2.24, 2.45) is 11.1 Å². The van der Waals surface area contributed by atoms with Crippen molar-refractivity contribution in [3.05, 3.63) is 29.8 Å². The molecule has 2 amide bonds. The van der Waals surface area contributed by atoms with Crippen molar-refractivity contribution < 1.29 is 14.3 Å². The predicted octanol–water partition coefficient (Wildman–Crippen LogP) is 2.13. The van der Waals surface area contributed by atoms with Gasteiger partial charge in [0, 0.05) is 32.7 Å². The van der Waals surface area contributed by atoms with Crippen LogP contribution in [-0.2, 0) is 4.79 Å². The van der Waals surface area contributed by atoms with Crippen molar-refractivity contribution >= 4 is 11.8 Å². The molecule has 26 heavy (non-hydrogen) atoms. The summed E-state index contributed by atoms with van der Waals surface area (Å²) in [6.07, 6.45) is 1.47. The first-order valence-electron chi connectivity index (χ1n) is 9.53. The zero-order valence-corrected chi connectivity index (χ0v) is 16.2. The van der Waals surface area contributed by atoms with Crippen LogP contribution in [0.1, 0.15) is 44.0 Å². The lowest BCUT2D eigenvalue weighted by atomic mass is 9.81. The Balaban J connectivity index is 2.04. The number of piperazine rings is 1. The van der Waals surface area contributed by atoms with Gasteiger partial charge in [0.05, 0.1) is 17.6 Å². The van der Waals surface area contributed by atoms with Crippen molar-refractivity contribution in [3.8, 4) is 5.75 Å². The summed E-state index contributed by atoms with van der Waals surface area (Å²) in [4.78, 5) is 29.4. The van der Waals surface area contributed by atoms with Crippen LogP contribution in [0.4, 0.5) is 0 Å². The Labute approximate surface area is 156 Å². The molecule has 0 aromatic heterocycles. The second kappa shape index (κ2) is 9.03. The molecule has 2 rings (SSSR count). The molecule has 0 unspecified atom stereocenters. The monoisotopic (exact) mass is 361 g/mol. The third-order valence-corrected chi connectivity index (χ3v) is 5.47. The van der Waals surface area contributed by atoms with Crippen molar-refractivity contribution in [2.45, 2.75) is 33.6 Å². The quantitative estimate of drug-likeness (QED) is 0.807. The van der Waals surface area contributed by atoms with Crippen molar-refractivity contribution in [1.29, 1.82) is 0 Å². The number of hydrogen-bond acceptors (Lipinski definition) is 4. The first-order chi connectivity index (χ1) is 12.5. The van der Waals surface area contributed by atoms with Crippen LogP contribution in [0.15, 0.2) is 24.3 Å². The number of nitrogens with two attached hydrogens (primary N) is 1. The largest absolute Gasteiger partial charge is 0.493 e. The smallest absolute Gasteiger partial charge is 0.257 e. The molecule has 0 saturated carbocycles. The third-order valence-electron chi connectivity index (χ3n) is 5.47. The minimum absolute atomic E-state index is 0.0442. The van der Waals surface area contributed by atoms with E-state index in [1.165, 1.54) is 0 Å². The van der Waals surface area contributed by atoms with Crippen molar-refractivity contribution in [3.63, 3.8) is 0 Å². The maximum Gasteiger partial charge on any atom is 0.257 e. The molecule has 0 atom stereocenters. The number of amides is 2. The van der Waals surface area contributed by atoms with Crippen LogP contribution in [0.2, 0.25) is 0 Å². The Morgan fingerprint density at radius 1 is 1.04 bits per heavy atom. The number of carbonyl (C=O) groups excluding carboxylic acids is 2. The minimum Gasteiger partial charge on any atom is -0.493 e. The minimum atomic E-state index is -0.478. The van der Waals surface area contributed by atoms with Crippen LogP contribution >= 0.6 is 0 Å². The van der Waals surface area contributed by atoms with Gasteiger partial charge in [0.1, 0.15) is 5.75 Å². The van der Waals surface area contributed by atoms with Gasteiger partial charge in [-0.1, -0.05) is 26.0 Å². The Morgan fingerprint density at radius 3 is 2.15 bits per heavy atom. The van der Waals surface area contributed by atoms with Gasteiger partial charge in [-0.25, -0.2) is 0 Å². The van der Waals surface area contributed by atoms with Gasteiger partial charge in [0.25, 0.3) is 5.91 Å². The highest BCUT2D eigenvalue weighted by atomic mass is 16.5. The molecule has 0 spiro atoms. The van der Waals surface area contributed by atoms with E-state index in [-0.39, 0.29) is 11.8 Å². The maximum atomic E-state index is 12.9. The van der Waals surface area contributed by atoms with Gasteiger partial charge in [0.2, 0.25) is 5.91 Å². The van der Waals surface area contributed by atoms with E-state index >= 15 is 0 Å². The molecule has 1 heterocycles. The molecule has 6 heteroatoms. The summed E-state index contributed by atoms with van der Waals surface area (Å²) in [7, 11) is 0. The first kappa shape index (κ1) is 20.2. The molecule has 1 aromatic rings. The maximum absolute atomic E-state index is 12.9. The van der Waals surface area contributed by atoms with Gasteiger partial charge >= 0.3 is 0 Å². The summed E-state index contributed by atoms with van der Waals surface area (Å²) >= 11 is 0. The average molecular weight is 361 g/mol. The number of para-hydroxylation sites is 1.